The van der Waals surface area contributed by atoms with Crippen LogP contribution in [0.3, 0.4) is 0 Å². The Bertz CT molecular complexity index is 483. The first-order valence-corrected chi connectivity index (χ1v) is 4.51. The number of hydrogen-bond donors (Lipinski definition) is 0. The SMILES string of the molecule is O=C/C=C\c1ccc2ccccc2c1. The quantitative estimate of drug-likeness (QED) is 0.515. The van der Waals surface area contributed by atoms with Crippen LogP contribution in [0.2, 0.25) is 0 Å². The summed E-state index contributed by atoms with van der Waals surface area (Å²) in [5.74, 6) is 0. The van der Waals surface area contributed by atoms with Crippen molar-refractivity contribution in [2.75, 3.05) is 0 Å². The number of carbonyl (C=O) groups excluding carboxylic acids is 1. The number of fused-ring (bicyclic) bond motifs is 1. The maximum atomic E-state index is 10.2. The van der Waals surface area contributed by atoms with Gasteiger partial charge in [-0.15, -0.1) is 0 Å². The van der Waals surface area contributed by atoms with Crippen LogP contribution in [0.25, 0.3) is 16.8 Å². The van der Waals surface area contributed by atoms with Gasteiger partial charge in [-0.05, 0) is 28.5 Å². The first kappa shape index (κ1) is 8.70. The standard InChI is InChI=1S/C13H10O/c14-9-3-4-11-7-8-12-5-1-2-6-13(12)10-11/h1-10H/b4-3-. The zero-order valence-corrected chi connectivity index (χ0v) is 7.68. The summed E-state index contributed by atoms with van der Waals surface area (Å²) in [5.41, 5.74) is 1.05. The van der Waals surface area contributed by atoms with Gasteiger partial charge in [0.1, 0.15) is 6.29 Å². The van der Waals surface area contributed by atoms with E-state index in [1.54, 1.807) is 6.08 Å². The molecule has 14 heavy (non-hydrogen) atoms. The molecule has 0 fully saturated rings. The van der Waals surface area contributed by atoms with E-state index in [1.165, 1.54) is 16.8 Å². The van der Waals surface area contributed by atoms with Crippen molar-refractivity contribution in [1.82, 2.24) is 0 Å². The lowest BCUT2D eigenvalue weighted by Gasteiger charge is -1.98. The van der Waals surface area contributed by atoms with Gasteiger partial charge in [0.05, 0.1) is 0 Å². The van der Waals surface area contributed by atoms with Gasteiger partial charge in [-0.2, -0.15) is 0 Å². The molecule has 0 bridgehead atoms. The molecule has 0 saturated heterocycles. The van der Waals surface area contributed by atoms with Crippen LogP contribution < -0.4 is 0 Å². The van der Waals surface area contributed by atoms with Crippen LogP contribution >= 0.6 is 0 Å². The second-order valence-corrected chi connectivity index (χ2v) is 3.10. The summed E-state index contributed by atoms with van der Waals surface area (Å²) in [5, 5.41) is 2.41. The summed E-state index contributed by atoms with van der Waals surface area (Å²) in [4.78, 5) is 10.2. The zero-order valence-electron chi connectivity index (χ0n) is 7.68. The minimum Gasteiger partial charge on any atom is -0.299 e. The van der Waals surface area contributed by atoms with Crippen LogP contribution in [0.15, 0.2) is 48.5 Å². The summed E-state index contributed by atoms with van der Waals surface area (Å²) in [7, 11) is 0. The fourth-order valence-corrected chi connectivity index (χ4v) is 1.46. The van der Waals surface area contributed by atoms with Crippen LogP contribution in [-0.4, -0.2) is 6.29 Å². The van der Waals surface area contributed by atoms with Gasteiger partial charge in [0.2, 0.25) is 0 Å². The summed E-state index contributed by atoms with van der Waals surface area (Å²) in [6, 6.07) is 14.3. The Kier molecular flexibility index (Phi) is 2.41. The lowest BCUT2D eigenvalue weighted by atomic mass is 10.1. The molecule has 0 atom stereocenters. The van der Waals surface area contributed by atoms with Crippen molar-refractivity contribution in [3.63, 3.8) is 0 Å². The van der Waals surface area contributed by atoms with E-state index in [2.05, 4.69) is 24.3 Å². The highest BCUT2D eigenvalue weighted by Crippen LogP contribution is 2.16. The molecule has 0 heterocycles. The molecule has 0 aliphatic rings. The summed E-state index contributed by atoms with van der Waals surface area (Å²) in [6.45, 7) is 0. The van der Waals surface area contributed by atoms with E-state index in [-0.39, 0.29) is 0 Å². The smallest absolute Gasteiger partial charge is 0.142 e. The predicted octanol–water partition coefficient (Wildman–Crippen LogP) is 3.05. The van der Waals surface area contributed by atoms with Gasteiger partial charge in [0.25, 0.3) is 0 Å². The maximum absolute atomic E-state index is 10.2. The molecule has 2 aromatic carbocycles. The molecule has 2 aromatic rings. The van der Waals surface area contributed by atoms with Gasteiger partial charge in [-0.3, -0.25) is 4.79 Å². The second kappa shape index (κ2) is 3.88. The minimum atomic E-state index is 0.787. The molecule has 0 unspecified atom stereocenters. The molecule has 0 radical (unpaired) electrons. The van der Waals surface area contributed by atoms with Crippen molar-refractivity contribution in [3.8, 4) is 0 Å². The third-order valence-corrected chi connectivity index (χ3v) is 2.14. The largest absolute Gasteiger partial charge is 0.299 e. The van der Waals surface area contributed by atoms with Crippen LogP contribution in [0.4, 0.5) is 0 Å². The van der Waals surface area contributed by atoms with Crippen molar-refractivity contribution in [2.24, 2.45) is 0 Å². The molecule has 0 aliphatic heterocycles. The second-order valence-electron chi connectivity index (χ2n) is 3.10. The first-order chi connectivity index (χ1) is 6.90. The van der Waals surface area contributed by atoms with Crippen LogP contribution in [-0.2, 0) is 4.79 Å². The number of aldehydes is 1. The van der Waals surface area contributed by atoms with Crippen molar-refractivity contribution >= 4 is 23.1 Å². The maximum Gasteiger partial charge on any atom is 0.142 e. The monoisotopic (exact) mass is 182 g/mol. The summed E-state index contributed by atoms with van der Waals surface area (Å²) in [6.07, 6.45) is 4.10. The zero-order chi connectivity index (χ0) is 9.80. The molecule has 0 aliphatic carbocycles. The van der Waals surface area contributed by atoms with Crippen LogP contribution in [0.1, 0.15) is 5.56 Å². The number of hydrogen-bond acceptors (Lipinski definition) is 1. The van der Waals surface area contributed by atoms with Crippen molar-refractivity contribution in [3.05, 3.63) is 54.1 Å². The average Bonchev–Trinajstić information content (AvgIpc) is 2.26. The minimum absolute atomic E-state index is 0.787. The molecule has 0 aromatic heterocycles. The lowest BCUT2D eigenvalue weighted by molar-refractivity contribution is -0.104. The van der Waals surface area contributed by atoms with Gasteiger partial charge in [-0.25, -0.2) is 0 Å². The molecule has 0 spiro atoms. The van der Waals surface area contributed by atoms with E-state index in [1.807, 2.05) is 18.2 Å². The van der Waals surface area contributed by atoms with Crippen molar-refractivity contribution < 1.29 is 4.79 Å². The molecule has 0 amide bonds. The average molecular weight is 182 g/mol. The number of benzene rings is 2. The third kappa shape index (κ3) is 1.72. The Balaban J connectivity index is 2.51. The Labute approximate surface area is 82.7 Å². The van der Waals surface area contributed by atoms with Gasteiger partial charge in [0, 0.05) is 0 Å². The Morgan fingerprint density at radius 1 is 0.929 bits per heavy atom. The van der Waals surface area contributed by atoms with Gasteiger partial charge < -0.3 is 0 Å². The molecule has 1 nitrogen and oxygen atoms in total. The fraction of sp³-hybridized carbons (Fsp3) is 0. The van der Waals surface area contributed by atoms with E-state index in [9.17, 15) is 4.79 Å². The van der Waals surface area contributed by atoms with E-state index in [4.69, 9.17) is 0 Å². The highest BCUT2D eigenvalue weighted by atomic mass is 16.1. The third-order valence-electron chi connectivity index (χ3n) is 2.14. The summed E-state index contributed by atoms with van der Waals surface area (Å²) >= 11 is 0. The molecule has 1 heteroatoms. The fourth-order valence-electron chi connectivity index (χ4n) is 1.46. The van der Waals surface area contributed by atoms with Gasteiger partial charge in [-0.1, -0.05) is 42.5 Å². The Hall–Kier alpha value is -1.89. The van der Waals surface area contributed by atoms with Crippen molar-refractivity contribution in [2.45, 2.75) is 0 Å². The number of carbonyl (C=O) groups is 1. The molecular formula is C13H10O. The molecular weight excluding hydrogens is 172 g/mol. The molecule has 68 valence electrons. The van der Waals surface area contributed by atoms with Gasteiger partial charge >= 0.3 is 0 Å². The Morgan fingerprint density at radius 2 is 1.71 bits per heavy atom. The van der Waals surface area contributed by atoms with E-state index < -0.39 is 0 Å². The Morgan fingerprint density at radius 3 is 2.50 bits per heavy atom. The number of allylic oxidation sites excluding steroid dienone is 1. The first-order valence-electron chi connectivity index (χ1n) is 4.51. The normalized spacial score (nSPS) is 10.9. The molecule has 0 N–H and O–H groups in total. The van der Waals surface area contributed by atoms with E-state index in [0.29, 0.717) is 0 Å². The van der Waals surface area contributed by atoms with Crippen molar-refractivity contribution in [1.29, 1.82) is 0 Å². The topological polar surface area (TPSA) is 17.1 Å². The van der Waals surface area contributed by atoms with Crippen LogP contribution in [0, 0.1) is 0 Å². The number of rotatable bonds is 2. The van der Waals surface area contributed by atoms with E-state index >= 15 is 0 Å². The van der Waals surface area contributed by atoms with Crippen LogP contribution in [0.5, 0.6) is 0 Å². The van der Waals surface area contributed by atoms with Gasteiger partial charge in [0.15, 0.2) is 0 Å². The molecule has 0 saturated carbocycles. The summed E-state index contributed by atoms with van der Waals surface area (Å²) < 4.78 is 0. The predicted molar refractivity (Wildman–Crippen MR) is 59.0 cm³/mol. The highest BCUT2D eigenvalue weighted by molar-refractivity contribution is 5.85. The highest BCUT2D eigenvalue weighted by Gasteiger charge is 1.91. The van der Waals surface area contributed by atoms with E-state index in [0.717, 1.165) is 11.8 Å². The molecule has 2 rings (SSSR count). The lowest BCUT2D eigenvalue weighted by Crippen LogP contribution is -1.74.